The summed E-state index contributed by atoms with van der Waals surface area (Å²) in [5.41, 5.74) is 1.28. The molecule has 0 aliphatic carbocycles. The van der Waals surface area contributed by atoms with Gasteiger partial charge < -0.3 is 9.47 Å². The van der Waals surface area contributed by atoms with Gasteiger partial charge in [-0.05, 0) is 47.7 Å². The van der Waals surface area contributed by atoms with E-state index in [4.69, 9.17) is 44.3 Å². The Morgan fingerprint density at radius 3 is 2.79 bits per heavy atom. The molecule has 28 heavy (non-hydrogen) atoms. The van der Waals surface area contributed by atoms with Crippen molar-refractivity contribution in [3.8, 4) is 17.1 Å². The summed E-state index contributed by atoms with van der Waals surface area (Å²) in [6.07, 6.45) is 0. The van der Waals surface area contributed by atoms with Crippen molar-refractivity contribution in [3.63, 3.8) is 0 Å². The third-order valence-electron chi connectivity index (χ3n) is 3.72. The third-order valence-corrected chi connectivity index (χ3v) is 4.77. The minimum Gasteiger partial charge on any atom is -0.482 e. The van der Waals surface area contributed by atoms with E-state index in [1.54, 1.807) is 48.0 Å². The Bertz CT molecular complexity index is 994. The number of rotatable bonds is 7. The second-order valence-corrected chi connectivity index (χ2v) is 6.83. The highest BCUT2D eigenvalue weighted by Crippen LogP contribution is 2.32. The molecule has 3 rings (SSSR count). The molecule has 1 heterocycles. The third kappa shape index (κ3) is 4.73. The molecule has 7 nitrogen and oxygen atoms in total. The number of hydrogen-bond donors (Lipinski definition) is 0. The molecule has 146 valence electrons. The van der Waals surface area contributed by atoms with E-state index in [2.05, 4.69) is 15.5 Å². The highest BCUT2D eigenvalue weighted by Gasteiger charge is 2.17. The van der Waals surface area contributed by atoms with Crippen LogP contribution in [0.25, 0.3) is 11.4 Å². The molecule has 1 aromatic heterocycles. The van der Waals surface area contributed by atoms with Crippen LogP contribution in [0.3, 0.4) is 0 Å². The van der Waals surface area contributed by atoms with Crippen LogP contribution in [0, 0.1) is 0 Å². The van der Waals surface area contributed by atoms with Gasteiger partial charge in [-0.3, -0.25) is 0 Å². The molecule has 0 unspecified atom stereocenters. The first-order valence-corrected chi connectivity index (χ1v) is 9.40. The number of halogens is 3. The van der Waals surface area contributed by atoms with Gasteiger partial charge in [0, 0.05) is 16.1 Å². The molecule has 0 saturated carbocycles. The average Bonchev–Trinajstić information content (AvgIpc) is 3.11. The second-order valence-electron chi connectivity index (χ2n) is 5.61. The molecule has 0 N–H and O–H groups in total. The zero-order chi connectivity index (χ0) is 20.1. The molecule has 0 saturated heterocycles. The minimum atomic E-state index is -0.461. The molecule has 0 aliphatic heterocycles. The van der Waals surface area contributed by atoms with Crippen molar-refractivity contribution in [2.45, 2.75) is 13.5 Å². The van der Waals surface area contributed by atoms with Gasteiger partial charge in [-0.25, -0.2) is 9.48 Å². The molecule has 0 bridgehead atoms. The molecule has 0 amide bonds. The molecule has 0 atom stereocenters. The predicted octanol–water partition coefficient (Wildman–Crippen LogP) is 4.29. The van der Waals surface area contributed by atoms with Crippen molar-refractivity contribution in [1.82, 2.24) is 20.2 Å². The maximum Gasteiger partial charge on any atom is 0.344 e. The van der Waals surface area contributed by atoms with Crippen LogP contribution in [0.5, 0.6) is 5.75 Å². The molecular weight excluding hydrogens is 427 g/mol. The largest absolute Gasteiger partial charge is 0.482 e. The number of carbonyl (C=O) groups excluding carboxylic acids is 1. The van der Waals surface area contributed by atoms with Crippen molar-refractivity contribution >= 4 is 40.8 Å². The maximum atomic E-state index is 11.6. The predicted molar refractivity (Wildman–Crippen MR) is 106 cm³/mol. The first-order valence-electron chi connectivity index (χ1n) is 8.27. The molecule has 0 radical (unpaired) electrons. The van der Waals surface area contributed by atoms with Crippen molar-refractivity contribution < 1.29 is 14.3 Å². The normalized spacial score (nSPS) is 10.7. The zero-order valence-electron chi connectivity index (χ0n) is 14.7. The van der Waals surface area contributed by atoms with Gasteiger partial charge in [-0.2, -0.15) is 0 Å². The lowest BCUT2D eigenvalue weighted by Gasteiger charge is -2.13. The lowest BCUT2D eigenvalue weighted by atomic mass is 10.2. The summed E-state index contributed by atoms with van der Waals surface area (Å²) in [6.45, 7) is 2.03. The van der Waals surface area contributed by atoms with E-state index in [9.17, 15) is 4.79 Å². The van der Waals surface area contributed by atoms with Crippen LogP contribution < -0.4 is 4.74 Å². The first-order chi connectivity index (χ1) is 13.5. The molecule has 10 heteroatoms. The fourth-order valence-electron chi connectivity index (χ4n) is 2.49. The fourth-order valence-corrected chi connectivity index (χ4v) is 3.07. The second kappa shape index (κ2) is 9.23. The van der Waals surface area contributed by atoms with Gasteiger partial charge in [0.2, 0.25) is 0 Å². The van der Waals surface area contributed by atoms with Crippen LogP contribution in [0.15, 0.2) is 36.4 Å². The summed E-state index contributed by atoms with van der Waals surface area (Å²) >= 11 is 18.5. The molecule has 0 spiro atoms. The summed E-state index contributed by atoms with van der Waals surface area (Å²) in [4.78, 5) is 11.6. The average molecular weight is 442 g/mol. The number of ether oxygens (including phenoxy) is 2. The van der Waals surface area contributed by atoms with Gasteiger partial charge in [0.15, 0.2) is 12.4 Å². The van der Waals surface area contributed by atoms with Gasteiger partial charge in [-0.15, -0.1) is 5.10 Å². The smallest absolute Gasteiger partial charge is 0.344 e. The summed E-state index contributed by atoms with van der Waals surface area (Å²) in [5, 5.41) is 13.1. The number of aromatic nitrogens is 4. The lowest BCUT2D eigenvalue weighted by Crippen LogP contribution is -2.16. The Morgan fingerprint density at radius 2 is 2.00 bits per heavy atom. The zero-order valence-corrected chi connectivity index (χ0v) is 17.0. The van der Waals surface area contributed by atoms with E-state index in [1.165, 1.54) is 0 Å². The number of nitrogens with zero attached hydrogens (tertiary/aromatic N) is 4. The summed E-state index contributed by atoms with van der Waals surface area (Å²) in [7, 11) is 0. The van der Waals surface area contributed by atoms with Crippen molar-refractivity contribution in [2.75, 3.05) is 13.2 Å². The Kier molecular flexibility index (Phi) is 6.72. The number of benzene rings is 2. The quantitative estimate of drug-likeness (QED) is 0.509. The van der Waals surface area contributed by atoms with E-state index >= 15 is 0 Å². The standard InChI is InChI=1S/C18H15Cl3N4O3/c1-2-27-16(26)10-28-15-7-6-12(19)8-11(15)9-25-18(22-23-24-25)13-4-3-5-14(20)17(13)21/h3-8H,2,9-10H2,1H3. The minimum absolute atomic E-state index is 0.217. The molecule has 0 aliphatic rings. The Hall–Kier alpha value is -2.35. The molecule has 0 fully saturated rings. The molecule has 3 aromatic rings. The van der Waals surface area contributed by atoms with Crippen LogP contribution in [0.4, 0.5) is 0 Å². The van der Waals surface area contributed by atoms with Gasteiger partial charge in [0.1, 0.15) is 5.75 Å². The summed E-state index contributed by atoms with van der Waals surface area (Å²) in [6, 6.07) is 10.3. The van der Waals surface area contributed by atoms with Gasteiger partial charge >= 0.3 is 5.97 Å². The van der Waals surface area contributed by atoms with Crippen molar-refractivity contribution in [1.29, 1.82) is 0 Å². The molecular formula is C18H15Cl3N4O3. The van der Waals surface area contributed by atoms with E-state index in [-0.39, 0.29) is 19.8 Å². The van der Waals surface area contributed by atoms with Gasteiger partial charge in [0.05, 0.1) is 23.2 Å². The van der Waals surface area contributed by atoms with Gasteiger partial charge in [-0.1, -0.05) is 40.9 Å². The van der Waals surface area contributed by atoms with Crippen LogP contribution in [-0.2, 0) is 16.1 Å². The van der Waals surface area contributed by atoms with E-state index < -0.39 is 5.97 Å². The van der Waals surface area contributed by atoms with Crippen LogP contribution in [0.1, 0.15) is 12.5 Å². The van der Waals surface area contributed by atoms with Crippen LogP contribution in [-0.4, -0.2) is 39.4 Å². The van der Waals surface area contributed by atoms with Gasteiger partial charge in [0.25, 0.3) is 0 Å². The Balaban J connectivity index is 1.89. The monoisotopic (exact) mass is 440 g/mol. The van der Waals surface area contributed by atoms with Crippen molar-refractivity contribution in [3.05, 3.63) is 57.0 Å². The van der Waals surface area contributed by atoms with E-state index in [1.807, 2.05) is 0 Å². The number of esters is 1. The van der Waals surface area contributed by atoms with Crippen molar-refractivity contribution in [2.24, 2.45) is 0 Å². The maximum absolute atomic E-state index is 11.6. The van der Waals surface area contributed by atoms with E-state index in [0.29, 0.717) is 37.8 Å². The number of carbonyl (C=O) groups is 1. The summed E-state index contributed by atoms with van der Waals surface area (Å²) in [5.74, 6) is 0.442. The SMILES string of the molecule is CCOC(=O)COc1ccc(Cl)cc1Cn1nnnc1-c1cccc(Cl)c1Cl. The Labute approximate surface area is 176 Å². The number of hydrogen-bond acceptors (Lipinski definition) is 6. The first kappa shape index (κ1) is 20.4. The molecule has 2 aromatic carbocycles. The highest BCUT2D eigenvalue weighted by molar-refractivity contribution is 6.43. The lowest BCUT2D eigenvalue weighted by molar-refractivity contribution is -0.145. The van der Waals surface area contributed by atoms with Crippen LogP contribution in [0.2, 0.25) is 15.1 Å². The highest BCUT2D eigenvalue weighted by atomic mass is 35.5. The fraction of sp³-hybridized carbons (Fsp3) is 0.222. The number of tetrazole rings is 1. The van der Waals surface area contributed by atoms with E-state index in [0.717, 1.165) is 0 Å². The van der Waals surface area contributed by atoms with Crippen LogP contribution >= 0.6 is 34.8 Å². The topological polar surface area (TPSA) is 79.1 Å². The Morgan fingerprint density at radius 1 is 1.18 bits per heavy atom. The summed E-state index contributed by atoms with van der Waals surface area (Å²) < 4.78 is 12.0.